The number of benzene rings is 2. The first kappa shape index (κ1) is 33.6. The van der Waals surface area contributed by atoms with E-state index in [9.17, 15) is 22.4 Å². The summed E-state index contributed by atoms with van der Waals surface area (Å²) in [5.41, 5.74) is 2.68. The molecule has 1 atom stereocenters. The number of nitrogens with zero attached hydrogens (tertiary/aromatic N) is 1. The number of ketones is 1. The third-order valence-electron chi connectivity index (χ3n) is 7.25. The molecule has 1 unspecified atom stereocenters. The van der Waals surface area contributed by atoms with Crippen LogP contribution in [0.4, 0.5) is 10.1 Å². The van der Waals surface area contributed by atoms with Crippen LogP contribution in [0.1, 0.15) is 61.9 Å². The average Bonchev–Trinajstić information content (AvgIpc) is 3.77. The van der Waals surface area contributed by atoms with Crippen LogP contribution >= 0.6 is 0 Å². The summed E-state index contributed by atoms with van der Waals surface area (Å²) in [5.74, 6) is -0.450. The predicted octanol–water partition coefficient (Wildman–Crippen LogP) is 5.48. The number of carbonyl (C=O) groups excluding carboxylic acids is 2. The molecule has 1 saturated carbocycles. The largest absolute Gasteiger partial charge is 0.464 e. The van der Waals surface area contributed by atoms with Gasteiger partial charge in [-0.25, -0.2) is 17.6 Å². The van der Waals surface area contributed by atoms with Crippen LogP contribution in [0, 0.1) is 5.82 Å². The minimum Gasteiger partial charge on any atom is -0.464 e. The maximum absolute atomic E-state index is 13.6. The Morgan fingerprint density at radius 2 is 1.68 bits per heavy atom. The normalized spacial score (nSPS) is 14.1. The lowest BCUT2D eigenvalue weighted by Crippen LogP contribution is -2.34. The quantitative estimate of drug-likeness (QED) is 0.102. The van der Waals surface area contributed by atoms with Crippen LogP contribution in [-0.2, 0) is 33.8 Å². The maximum atomic E-state index is 13.6. The number of sulfonamides is 1. The van der Waals surface area contributed by atoms with E-state index < -0.39 is 27.9 Å². The summed E-state index contributed by atoms with van der Waals surface area (Å²) in [5, 5.41) is 0.615. The molecule has 1 aromatic heterocycles. The van der Waals surface area contributed by atoms with Gasteiger partial charge in [-0.15, -0.1) is 0 Å². The highest BCUT2D eigenvalue weighted by atomic mass is 32.2. The number of rotatable bonds is 18. The Balaban J connectivity index is 1.46. The van der Waals surface area contributed by atoms with Crippen molar-refractivity contribution in [1.29, 1.82) is 0 Å². The number of fused-ring (bicyclic) bond motifs is 1. The molecule has 2 aromatic carbocycles. The molecule has 3 aromatic rings. The van der Waals surface area contributed by atoms with E-state index in [0.29, 0.717) is 33.5 Å². The van der Waals surface area contributed by atoms with Gasteiger partial charge in [0.25, 0.3) is 0 Å². The molecule has 0 saturated heterocycles. The fourth-order valence-electron chi connectivity index (χ4n) is 4.89. The second-order valence-corrected chi connectivity index (χ2v) is 12.5. The van der Waals surface area contributed by atoms with Crippen LogP contribution in [0.2, 0.25) is 0 Å². The second-order valence-electron chi connectivity index (χ2n) is 10.6. The Morgan fingerprint density at radius 1 is 1.02 bits per heavy atom. The van der Waals surface area contributed by atoms with Crippen LogP contribution in [0.5, 0.6) is 0 Å². The minimum absolute atomic E-state index is 0.0660. The van der Waals surface area contributed by atoms with Crippen molar-refractivity contribution in [3.8, 4) is 11.3 Å². The van der Waals surface area contributed by atoms with E-state index in [1.54, 1.807) is 39.0 Å². The van der Waals surface area contributed by atoms with Gasteiger partial charge in [0, 0.05) is 23.4 Å². The number of anilines is 1. The number of hydrogen-bond donors (Lipinski definition) is 0. The van der Waals surface area contributed by atoms with Crippen molar-refractivity contribution in [3.05, 3.63) is 53.3 Å². The molecule has 1 aliphatic carbocycles. The number of hydrogen-bond acceptors (Lipinski definition) is 9. The number of furan rings is 1. The first-order chi connectivity index (χ1) is 21.0. The van der Waals surface area contributed by atoms with Crippen LogP contribution in [-0.4, -0.2) is 78.7 Å². The van der Waals surface area contributed by atoms with Crippen LogP contribution in [0.15, 0.2) is 40.8 Å². The zero-order valence-electron chi connectivity index (χ0n) is 25.6. The summed E-state index contributed by atoms with van der Waals surface area (Å²) in [6.07, 6.45) is 2.54. The highest BCUT2D eigenvalue weighted by molar-refractivity contribution is 7.92. The molecule has 12 heteroatoms. The summed E-state index contributed by atoms with van der Waals surface area (Å²) >= 11 is 0. The molecule has 44 heavy (non-hydrogen) atoms. The Hall–Kier alpha value is -3.32. The number of carbonyl (C=O) groups is 2. The van der Waals surface area contributed by atoms with Crippen LogP contribution < -0.4 is 4.31 Å². The molecule has 240 valence electrons. The zero-order valence-corrected chi connectivity index (χ0v) is 26.4. The molecule has 1 heterocycles. The SMILES string of the molecule is CCOC(=O)C(C)OCCOCCOCCN(c1cc2oc(-c3ccc(F)cc3)c(C(=O)CC)c2cc1C1CC1)S(C)(=O)=O. The minimum atomic E-state index is -3.70. The number of ether oxygens (including phenoxy) is 4. The molecule has 0 bridgehead atoms. The van der Waals surface area contributed by atoms with Gasteiger partial charge in [0.15, 0.2) is 11.9 Å². The molecule has 0 spiro atoms. The Morgan fingerprint density at radius 3 is 2.30 bits per heavy atom. The van der Waals surface area contributed by atoms with Crippen molar-refractivity contribution >= 4 is 38.4 Å². The van der Waals surface area contributed by atoms with Crippen molar-refractivity contribution in [3.63, 3.8) is 0 Å². The molecule has 0 amide bonds. The molecule has 4 rings (SSSR count). The van der Waals surface area contributed by atoms with Gasteiger partial charge in [0.1, 0.15) is 17.2 Å². The van der Waals surface area contributed by atoms with Crippen molar-refractivity contribution in [2.24, 2.45) is 0 Å². The first-order valence-electron chi connectivity index (χ1n) is 14.9. The molecule has 1 aliphatic rings. The van der Waals surface area contributed by atoms with Gasteiger partial charge in [0.2, 0.25) is 10.0 Å². The van der Waals surface area contributed by atoms with Crippen molar-refractivity contribution in [2.45, 2.75) is 52.1 Å². The van der Waals surface area contributed by atoms with Gasteiger partial charge >= 0.3 is 5.97 Å². The van der Waals surface area contributed by atoms with E-state index in [1.165, 1.54) is 16.4 Å². The third-order valence-corrected chi connectivity index (χ3v) is 8.43. The summed E-state index contributed by atoms with van der Waals surface area (Å²) in [7, 11) is -3.70. The van der Waals surface area contributed by atoms with Gasteiger partial charge in [-0.2, -0.15) is 0 Å². The monoisotopic (exact) mass is 633 g/mol. The molecular weight excluding hydrogens is 593 g/mol. The number of halogens is 1. The zero-order chi connectivity index (χ0) is 31.9. The third kappa shape index (κ3) is 8.44. The topological polar surface area (TPSA) is 122 Å². The summed E-state index contributed by atoms with van der Waals surface area (Å²) < 4.78 is 68.6. The molecular formula is C32H40FNO9S. The Kier molecular flexibility index (Phi) is 11.5. The Bertz CT molecular complexity index is 1550. The first-order valence-corrected chi connectivity index (χ1v) is 16.7. The highest BCUT2D eigenvalue weighted by Gasteiger charge is 2.33. The molecule has 1 fully saturated rings. The maximum Gasteiger partial charge on any atom is 0.334 e. The fraction of sp³-hybridized carbons (Fsp3) is 0.500. The lowest BCUT2D eigenvalue weighted by atomic mass is 9.97. The van der Waals surface area contributed by atoms with Gasteiger partial charge in [-0.05, 0) is 68.5 Å². The lowest BCUT2D eigenvalue weighted by Gasteiger charge is -2.25. The molecule has 0 N–H and O–H groups in total. The van der Waals surface area contributed by atoms with Crippen molar-refractivity contribution in [1.82, 2.24) is 0 Å². The highest BCUT2D eigenvalue weighted by Crippen LogP contribution is 2.48. The molecule has 10 nitrogen and oxygen atoms in total. The van der Waals surface area contributed by atoms with Crippen molar-refractivity contribution < 1.29 is 45.8 Å². The van der Waals surface area contributed by atoms with Crippen molar-refractivity contribution in [2.75, 3.05) is 56.7 Å². The van der Waals surface area contributed by atoms with Gasteiger partial charge in [-0.3, -0.25) is 9.10 Å². The smallest absolute Gasteiger partial charge is 0.334 e. The van der Waals surface area contributed by atoms with E-state index in [0.717, 1.165) is 24.7 Å². The number of esters is 1. The second kappa shape index (κ2) is 15.1. The average molecular weight is 634 g/mol. The molecule has 0 aliphatic heterocycles. The lowest BCUT2D eigenvalue weighted by molar-refractivity contribution is -0.156. The van der Waals surface area contributed by atoms with Crippen LogP contribution in [0.25, 0.3) is 22.3 Å². The summed E-state index contributed by atoms with van der Waals surface area (Å²) in [6.45, 7) is 6.56. The van der Waals surface area contributed by atoms with E-state index in [1.807, 2.05) is 6.07 Å². The van der Waals surface area contributed by atoms with Gasteiger partial charge in [-0.1, -0.05) is 6.92 Å². The predicted molar refractivity (Wildman–Crippen MR) is 164 cm³/mol. The van der Waals surface area contributed by atoms with E-state index in [-0.39, 0.29) is 64.3 Å². The van der Waals surface area contributed by atoms with E-state index in [2.05, 4.69) is 0 Å². The number of Topliss-reactive ketones (excluding diaryl/α,β-unsaturated/α-hetero) is 1. The van der Waals surface area contributed by atoms with Gasteiger partial charge < -0.3 is 23.4 Å². The summed E-state index contributed by atoms with van der Waals surface area (Å²) in [6, 6.07) is 9.29. The molecule has 0 radical (unpaired) electrons. The van der Waals surface area contributed by atoms with E-state index in [4.69, 9.17) is 23.4 Å². The fourth-order valence-corrected chi connectivity index (χ4v) is 5.81. The summed E-state index contributed by atoms with van der Waals surface area (Å²) in [4.78, 5) is 24.7. The van der Waals surface area contributed by atoms with Crippen LogP contribution in [0.3, 0.4) is 0 Å². The van der Waals surface area contributed by atoms with Gasteiger partial charge in [0.05, 0.1) is 63.7 Å². The standard InChI is InChI=1S/C32H40FNO9S/c1-5-28(35)30-26-19-25(22-7-8-22)27(20-29(26)43-31(30)23-9-11-24(33)12-10-23)34(44(4,37)38)13-14-39-15-16-40-17-18-42-21(3)32(36)41-6-2/h9-12,19-22H,5-8,13-18H2,1-4H3. The van der Waals surface area contributed by atoms with E-state index >= 15 is 0 Å². The Labute approximate surface area is 257 Å².